The van der Waals surface area contributed by atoms with E-state index >= 15 is 0 Å². The third kappa shape index (κ3) is 24.2. The molecule has 566 valence electrons. The van der Waals surface area contributed by atoms with Gasteiger partial charge < -0.3 is 65.9 Å². The summed E-state index contributed by atoms with van der Waals surface area (Å²) in [6.45, 7) is 33.8. The van der Waals surface area contributed by atoms with E-state index in [1.807, 2.05) is 143 Å². The number of hydrogen-bond donors (Lipinski definition) is 1. The summed E-state index contributed by atoms with van der Waals surface area (Å²) in [7, 11) is 3.79. The first-order valence-electron chi connectivity index (χ1n) is 34.2. The summed E-state index contributed by atoms with van der Waals surface area (Å²) in [4.78, 5) is 33.8. The largest absolute Gasteiger partial charge is 0.497 e. The van der Waals surface area contributed by atoms with Crippen molar-refractivity contribution >= 4 is 113 Å². The Kier molecular flexibility index (Phi) is 37.6. The van der Waals surface area contributed by atoms with Crippen LogP contribution in [0.4, 0.5) is 0 Å². The second kappa shape index (κ2) is 45.5. The standard InChI is InChI=1S/C38H45N6O5P.C30H30N4O4.C9H18ClN2OP.I4/c1-28(2)44(29(3)4)50(48-23-21-39-5)49-24-22-43-36(42-35-25-40-27-41-37(35)43)26-47-38(30-11-9-8-10-12-30,31-13-17-33(45-6)18-14-31)32-15-19-34(46-7)20-16-32;1-36-25-13-9-23(10-14-25)30(22-7-4-3-5-8-22,24-11-15-26(37-2)16-12-24)38-20-28-33-27-19-31-21-32-29(27)34(28)17-6-18-35;1-8(2)12(9(3)4)14(10)13-7-6-11-5;1-4(2)3/h8-20,25,27-29H,21-24,26H2,1-4,6-7H3;3-5,7-16,19,21,35H,6,17-18,20H2,1-2H3;8-9H,6-7H2,1-4H3;. The summed E-state index contributed by atoms with van der Waals surface area (Å²) in [5.74, 6) is 4.39. The van der Waals surface area contributed by atoms with Gasteiger partial charge in [-0.1, -0.05) is 109 Å². The fraction of sp³-hybridized carbons (Fsp3) is 0.377. The third-order valence-electron chi connectivity index (χ3n) is 16.5. The van der Waals surface area contributed by atoms with Crippen molar-refractivity contribution in [2.24, 2.45) is 0 Å². The van der Waals surface area contributed by atoms with Gasteiger partial charge in [0.2, 0.25) is 20.7 Å². The number of benzene rings is 6. The zero-order valence-corrected chi connectivity index (χ0v) is 72.9. The summed E-state index contributed by atoms with van der Waals surface area (Å²) in [5.41, 5.74) is 6.39. The number of aliphatic hydroxyl groups is 1. The maximum Gasteiger partial charge on any atom is 0.259 e. The van der Waals surface area contributed by atoms with E-state index in [4.69, 9.17) is 76.3 Å². The molecule has 10 rings (SSSR count). The molecular weight excluding hydrogens is 1860 g/mol. The Labute approximate surface area is 667 Å². The smallest absolute Gasteiger partial charge is 0.259 e. The molecule has 0 amide bonds. The van der Waals surface area contributed by atoms with Gasteiger partial charge in [0, 0.05) is 43.9 Å². The first-order chi connectivity index (χ1) is 51.2. The molecule has 22 nitrogen and oxygen atoms in total. The fourth-order valence-corrected chi connectivity index (χ4v) is 15.9. The van der Waals surface area contributed by atoms with Gasteiger partial charge in [-0.05, 0) is 155 Å². The van der Waals surface area contributed by atoms with E-state index in [2.05, 4.69) is 174 Å². The second-order valence-electron chi connectivity index (χ2n) is 24.5. The van der Waals surface area contributed by atoms with E-state index in [0.717, 1.165) is 56.4 Å². The maximum atomic E-state index is 9.50. The fourth-order valence-electron chi connectivity index (χ4n) is 12.0. The number of aryl methyl sites for hydroxylation is 1. The maximum absolute atomic E-state index is 9.50. The van der Waals surface area contributed by atoms with Gasteiger partial charge in [-0.3, -0.25) is 0 Å². The minimum atomic E-state index is -1.40. The quantitative estimate of drug-likeness (QED) is 0.0129. The van der Waals surface area contributed by atoms with Crippen LogP contribution in [-0.2, 0) is 60.6 Å². The van der Waals surface area contributed by atoms with Gasteiger partial charge in [0.15, 0.2) is 11.3 Å². The molecule has 0 bridgehead atoms. The zero-order valence-electron chi connectivity index (χ0n) is 61.7. The molecule has 6 aromatic carbocycles. The van der Waals surface area contributed by atoms with E-state index < -0.39 is 27.4 Å². The van der Waals surface area contributed by atoms with Crippen LogP contribution in [-0.4, -0.2) is 146 Å². The number of aromatic nitrogens is 8. The van der Waals surface area contributed by atoms with Gasteiger partial charge in [0.05, 0.1) is 47.4 Å². The van der Waals surface area contributed by atoms with Crippen LogP contribution < -0.4 is 18.9 Å². The topological polar surface area (TPSA) is 206 Å². The van der Waals surface area contributed by atoms with Crippen LogP contribution in [0.15, 0.2) is 183 Å². The summed E-state index contributed by atoms with van der Waals surface area (Å²) in [5, 5.41) is 9.50. The van der Waals surface area contributed by atoms with Crippen molar-refractivity contribution in [3.8, 4) is 23.0 Å². The average Bonchev–Trinajstić information content (AvgIpc) is 0.805. The van der Waals surface area contributed by atoms with Crippen molar-refractivity contribution in [3.05, 3.63) is 251 Å². The van der Waals surface area contributed by atoms with Crippen molar-refractivity contribution < 1.29 is 47.1 Å². The predicted octanol–water partition coefficient (Wildman–Crippen LogP) is 19.4. The molecule has 0 aliphatic rings. The van der Waals surface area contributed by atoms with E-state index in [-0.39, 0.29) is 46.3 Å². The van der Waals surface area contributed by atoms with Crippen LogP contribution in [0.2, 0.25) is 0 Å². The van der Waals surface area contributed by atoms with E-state index in [9.17, 15) is 5.11 Å². The molecule has 106 heavy (non-hydrogen) atoms. The Morgan fingerprint density at radius 2 is 0.821 bits per heavy atom. The molecule has 29 heteroatoms. The number of methoxy groups -OCH3 is 4. The van der Waals surface area contributed by atoms with E-state index in [1.165, 1.54) is 12.7 Å². The van der Waals surface area contributed by atoms with E-state index in [1.54, 1.807) is 40.8 Å². The van der Waals surface area contributed by atoms with Crippen molar-refractivity contribution in [1.29, 1.82) is 0 Å². The molecule has 4 aromatic heterocycles. The van der Waals surface area contributed by atoms with Crippen molar-refractivity contribution in [3.63, 3.8) is 0 Å². The van der Waals surface area contributed by atoms with Gasteiger partial charge in [0.25, 0.3) is 8.53 Å². The molecular formula is C77H93ClI4N12O10P2. The number of nitrogens with zero attached hydrogens (tertiary/aromatic N) is 12. The van der Waals surface area contributed by atoms with Crippen molar-refractivity contribution in [2.45, 2.75) is 123 Å². The Hall–Kier alpha value is -5.65. The number of ether oxygens (including phenoxy) is 6. The molecule has 0 fully saturated rings. The molecule has 0 aliphatic carbocycles. The summed E-state index contributed by atoms with van der Waals surface area (Å²) >= 11 is 13.6. The first-order valence-corrected chi connectivity index (χ1v) is 56.3. The molecule has 1 N–H and O–H groups in total. The monoisotopic (exact) mass is 1950 g/mol. The zero-order chi connectivity index (χ0) is 76.6. The molecule has 2 unspecified atom stereocenters. The molecule has 0 aliphatic heterocycles. The average molecular weight is 1950 g/mol. The van der Waals surface area contributed by atoms with Gasteiger partial charge in [-0.25, -0.2) is 52.4 Å². The molecule has 2 atom stereocenters. The Bertz CT molecular complexity index is 4170. The summed E-state index contributed by atoms with van der Waals surface area (Å²) in [6, 6.07) is 53.2. The SMILES string of the molecule is COc1ccc(C(OCc2nc3cncnc3n2CCCO)(c2ccccc2)c2ccc(OC)cc2)cc1.II(I)I.[C-]#[N+]CCOP(Cl)N(C(C)C)C(C)C.[C-]#[N+]CCOP(OCCn1c(COC(c2ccccc2)(c2ccc(OC)cc2)c2ccc(OC)cc2)nc2cncnc21)N(C(C)C)C(C)C. The van der Waals surface area contributed by atoms with Gasteiger partial charge in [-0.15, -0.1) is 0 Å². The van der Waals surface area contributed by atoms with E-state index in [0.29, 0.717) is 91.9 Å². The minimum Gasteiger partial charge on any atom is -0.497 e. The van der Waals surface area contributed by atoms with Crippen molar-refractivity contribution in [2.75, 3.05) is 68.0 Å². The first kappa shape index (κ1) is 87.6. The molecule has 0 saturated heterocycles. The Morgan fingerprint density at radius 1 is 0.491 bits per heavy atom. The molecule has 0 spiro atoms. The molecule has 0 saturated carbocycles. The number of hydrogen-bond acceptors (Lipinski definition) is 18. The van der Waals surface area contributed by atoms with Crippen LogP contribution in [0, 0.1) is 13.1 Å². The van der Waals surface area contributed by atoms with Crippen molar-refractivity contribution in [1.82, 2.24) is 48.4 Å². The minimum absolute atomic E-state index is 0.0662. The number of halogens is 5. The number of rotatable bonds is 35. The number of imidazole rings is 2. The molecule has 4 heterocycles. The number of fused-ring (bicyclic) bond motifs is 2. The van der Waals surface area contributed by atoms with Crippen LogP contribution in [0.1, 0.15) is 107 Å². The summed E-state index contributed by atoms with van der Waals surface area (Å²) in [6.07, 6.45) is 7.00. The summed E-state index contributed by atoms with van der Waals surface area (Å²) < 4.78 is 62.4. The van der Waals surface area contributed by atoms with Gasteiger partial charge >= 0.3 is 63.7 Å². The van der Waals surface area contributed by atoms with Gasteiger partial charge in [-0.2, -0.15) is 0 Å². The van der Waals surface area contributed by atoms with Gasteiger partial charge in [0.1, 0.15) is 96.0 Å². The normalized spacial score (nSPS) is 12.3. The second-order valence-corrected chi connectivity index (χ2v) is 76.7. The molecule has 0 radical (unpaired) electrons. The third-order valence-corrected chi connectivity index (χ3v) is 21.1. The Morgan fingerprint density at radius 3 is 1.15 bits per heavy atom. The molecule has 10 aromatic rings. The van der Waals surface area contributed by atoms with Crippen LogP contribution in [0.25, 0.3) is 32.0 Å². The van der Waals surface area contributed by atoms with Crippen LogP contribution in [0.5, 0.6) is 23.0 Å². The van der Waals surface area contributed by atoms with Crippen LogP contribution in [0.3, 0.4) is 0 Å². The van der Waals surface area contributed by atoms with Crippen LogP contribution >= 0.6 is 91.2 Å². The number of aliphatic hydroxyl groups excluding tert-OH is 1. The Balaban J connectivity index is 0.000000245. The predicted molar refractivity (Wildman–Crippen MR) is 457 cm³/mol.